The van der Waals surface area contributed by atoms with E-state index in [0.29, 0.717) is 6.42 Å². The SMILES string of the molecule is CCC(=O)C1C(=O)OC[C@H]1B=N. The van der Waals surface area contributed by atoms with E-state index < -0.39 is 11.9 Å². The average Bonchev–Trinajstić information content (AvgIpc) is 2.45. The van der Waals surface area contributed by atoms with Gasteiger partial charge in [0.1, 0.15) is 0 Å². The Bertz CT molecular complexity index is 229. The molecule has 1 unspecified atom stereocenters. The normalized spacial score (nSPS) is 27.9. The number of cyclic esters (lactones) is 1. The van der Waals surface area contributed by atoms with Gasteiger partial charge in [-0.2, -0.15) is 0 Å². The Balaban J connectivity index is 2.76. The van der Waals surface area contributed by atoms with Gasteiger partial charge in [0.05, 0.1) is 0 Å². The summed E-state index contributed by atoms with van der Waals surface area (Å²) in [5.41, 5.74) is 0. The topological polar surface area (TPSA) is 67.2 Å². The zero-order chi connectivity index (χ0) is 9.14. The second kappa shape index (κ2) is 3.60. The van der Waals surface area contributed by atoms with Crippen LogP contribution in [0.3, 0.4) is 0 Å². The van der Waals surface area contributed by atoms with E-state index in [9.17, 15) is 9.59 Å². The number of rotatable bonds is 3. The third kappa shape index (κ3) is 1.44. The molecule has 1 aliphatic rings. The zero-order valence-electron chi connectivity index (χ0n) is 6.87. The van der Waals surface area contributed by atoms with Gasteiger partial charge in [0, 0.05) is 0 Å². The van der Waals surface area contributed by atoms with Gasteiger partial charge >= 0.3 is 70.1 Å². The molecule has 0 aromatic rings. The maximum absolute atomic E-state index is 11.2. The van der Waals surface area contributed by atoms with Gasteiger partial charge in [0.2, 0.25) is 0 Å². The molecule has 0 aromatic heterocycles. The molecule has 0 aliphatic carbocycles. The summed E-state index contributed by atoms with van der Waals surface area (Å²) in [6.45, 7) is 1.88. The van der Waals surface area contributed by atoms with Crippen molar-refractivity contribution in [3.05, 3.63) is 0 Å². The second-order valence-corrected chi connectivity index (χ2v) is 2.76. The summed E-state index contributed by atoms with van der Waals surface area (Å²) in [5.74, 6) is -1.67. The van der Waals surface area contributed by atoms with Crippen LogP contribution < -0.4 is 0 Å². The number of carbonyl (C=O) groups is 2. The molecular formula is C7H10BNO3. The Morgan fingerprint density at radius 2 is 2.50 bits per heavy atom. The van der Waals surface area contributed by atoms with Crippen LogP contribution in [0, 0.1) is 11.2 Å². The van der Waals surface area contributed by atoms with E-state index in [2.05, 4.69) is 4.74 Å². The molecule has 0 spiro atoms. The van der Waals surface area contributed by atoms with E-state index in [1.165, 1.54) is 0 Å². The van der Waals surface area contributed by atoms with Crippen LogP contribution in [0.2, 0.25) is 5.82 Å². The van der Waals surface area contributed by atoms with Crippen molar-refractivity contribution < 1.29 is 14.3 Å². The predicted molar refractivity (Wildman–Crippen MR) is 42.0 cm³/mol. The molecule has 0 bridgehead atoms. The Morgan fingerprint density at radius 3 is 3.00 bits per heavy atom. The standard InChI is InChI=1S/C7H10BNO3/c1-2-5(10)6-4(8-9)3-12-7(6)11/h4,6,9H,2-3H2,1H3/t4-,6?/m1/s1. The van der Waals surface area contributed by atoms with Gasteiger partial charge in [-0.25, -0.2) is 0 Å². The van der Waals surface area contributed by atoms with Gasteiger partial charge in [0.15, 0.2) is 0 Å². The summed E-state index contributed by atoms with van der Waals surface area (Å²) in [4.78, 5) is 22.2. The monoisotopic (exact) mass is 167 g/mol. The first-order chi connectivity index (χ1) is 5.70. The van der Waals surface area contributed by atoms with Crippen LogP contribution in [-0.2, 0) is 14.3 Å². The van der Waals surface area contributed by atoms with Crippen molar-refractivity contribution in [1.29, 1.82) is 5.31 Å². The maximum atomic E-state index is 11.2. The third-order valence-electron chi connectivity index (χ3n) is 2.01. The quantitative estimate of drug-likeness (QED) is 0.375. The molecule has 1 heterocycles. The van der Waals surface area contributed by atoms with Crippen LogP contribution in [0.1, 0.15) is 13.3 Å². The molecule has 0 radical (unpaired) electrons. The number of ketones is 1. The number of Topliss-reactive ketones (excluding diaryl/α,β-unsaturated/α-hetero) is 1. The van der Waals surface area contributed by atoms with Crippen LogP contribution in [-0.4, -0.2) is 25.4 Å². The second-order valence-electron chi connectivity index (χ2n) is 2.76. The van der Waals surface area contributed by atoms with E-state index >= 15 is 0 Å². The van der Waals surface area contributed by atoms with Crippen molar-refractivity contribution >= 4 is 18.8 Å². The van der Waals surface area contributed by atoms with Crippen molar-refractivity contribution in [3.8, 4) is 0 Å². The molecule has 0 aromatic carbocycles. The Kier molecular flexibility index (Phi) is 2.73. The Morgan fingerprint density at radius 1 is 1.83 bits per heavy atom. The average molecular weight is 167 g/mol. The molecule has 2 atom stereocenters. The minimum absolute atomic E-state index is 0.133. The molecule has 1 N–H and O–H groups in total. The van der Waals surface area contributed by atoms with Crippen molar-refractivity contribution in [2.75, 3.05) is 6.61 Å². The fourth-order valence-electron chi connectivity index (χ4n) is 1.27. The summed E-state index contributed by atoms with van der Waals surface area (Å²) >= 11 is 0. The number of ether oxygens (including phenoxy) is 1. The molecule has 1 aliphatic heterocycles. The molecule has 64 valence electrons. The first-order valence-corrected chi connectivity index (χ1v) is 3.90. The first-order valence-electron chi connectivity index (χ1n) is 3.90. The van der Waals surface area contributed by atoms with Crippen LogP contribution in [0.5, 0.6) is 0 Å². The van der Waals surface area contributed by atoms with E-state index in [1.807, 2.05) is 0 Å². The van der Waals surface area contributed by atoms with Crippen LogP contribution in [0.4, 0.5) is 0 Å². The fraction of sp³-hybridized carbons (Fsp3) is 0.714. The van der Waals surface area contributed by atoms with Crippen LogP contribution in [0.25, 0.3) is 0 Å². The van der Waals surface area contributed by atoms with Gasteiger partial charge < -0.3 is 0 Å². The van der Waals surface area contributed by atoms with Gasteiger partial charge in [-0.1, -0.05) is 0 Å². The van der Waals surface area contributed by atoms with Crippen molar-refractivity contribution in [1.82, 2.24) is 0 Å². The van der Waals surface area contributed by atoms with Crippen molar-refractivity contribution in [2.24, 2.45) is 5.92 Å². The van der Waals surface area contributed by atoms with Crippen molar-refractivity contribution in [3.63, 3.8) is 0 Å². The molecule has 0 amide bonds. The number of esters is 1. The summed E-state index contributed by atoms with van der Waals surface area (Å²) in [5, 5.41) is 6.98. The van der Waals surface area contributed by atoms with Crippen LogP contribution >= 0.6 is 0 Å². The van der Waals surface area contributed by atoms with E-state index in [1.54, 1.807) is 6.92 Å². The van der Waals surface area contributed by atoms with E-state index in [4.69, 9.17) is 5.31 Å². The number of carbonyl (C=O) groups excluding carboxylic acids is 2. The van der Waals surface area contributed by atoms with Crippen molar-refractivity contribution in [2.45, 2.75) is 19.2 Å². The van der Waals surface area contributed by atoms with Gasteiger partial charge in [-0.15, -0.1) is 0 Å². The predicted octanol–water partition coefficient (Wildman–Crippen LogP) is 0.394. The molecule has 1 saturated heterocycles. The summed E-state index contributed by atoms with van der Waals surface area (Å²) in [6, 6.07) is 0. The molecule has 5 heteroatoms. The summed E-state index contributed by atoms with van der Waals surface area (Å²) in [6.07, 6.45) is 0.324. The van der Waals surface area contributed by atoms with Gasteiger partial charge in [0.25, 0.3) is 0 Å². The van der Waals surface area contributed by atoms with E-state index in [-0.39, 0.29) is 18.2 Å². The van der Waals surface area contributed by atoms with E-state index in [0.717, 1.165) is 7.07 Å². The molecule has 1 fully saturated rings. The first kappa shape index (κ1) is 9.10. The number of nitrogens with one attached hydrogen (secondary N) is 1. The molecule has 0 saturated carbocycles. The minimum atomic E-state index is -0.715. The molecule has 4 nitrogen and oxygen atoms in total. The summed E-state index contributed by atoms with van der Waals surface area (Å²) in [7, 11) is 1.11. The Hall–Kier alpha value is -0.995. The number of hydrogen-bond acceptors (Lipinski definition) is 4. The van der Waals surface area contributed by atoms with Gasteiger partial charge in [-0.3, -0.25) is 0 Å². The molecule has 12 heavy (non-hydrogen) atoms. The van der Waals surface area contributed by atoms with Gasteiger partial charge in [-0.05, 0) is 0 Å². The molecular weight excluding hydrogens is 157 g/mol. The fourth-order valence-corrected chi connectivity index (χ4v) is 1.27. The molecule has 1 rings (SSSR count). The summed E-state index contributed by atoms with van der Waals surface area (Å²) < 4.78 is 4.68. The zero-order valence-corrected chi connectivity index (χ0v) is 6.87. The Labute approximate surface area is 71.0 Å². The third-order valence-corrected chi connectivity index (χ3v) is 2.01. The number of hydrogen-bond donors (Lipinski definition) is 1. The van der Waals surface area contributed by atoms with Crippen LogP contribution in [0.15, 0.2) is 0 Å².